The average molecular weight is 243 g/mol. The van der Waals surface area contributed by atoms with Crippen molar-refractivity contribution in [2.24, 2.45) is 5.92 Å². The second kappa shape index (κ2) is 5.71. The van der Waals surface area contributed by atoms with Crippen molar-refractivity contribution >= 4 is 6.09 Å². The lowest BCUT2D eigenvalue weighted by molar-refractivity contribution is 0.0202. The smallest absolute Gasteiger partial charge is 0.410 e. The summed E-state index contributed by atoms with van der Waals surface area (Å²) in [5.41, 5.74) is -0.438. The van der Waals surface area contributed by atoms with Crippen molar-refractivity contribution in [1.82, 2.24) is 4.90 Å². The van der Waals surface area contributed by atoms with E-state index in [0.717, 1.165) is 25.8 Å². The summed E-state index contributed by atoms with van der Waals surface area (Å²) in [5.74, 6) is 0.239. The number of aliphatic hydroxyl groups is 1. The van der Waals surface area contributed by atoms with E-state index < -0.39 is 5.60 Å². The number of nitrogens with zero attached hydrogens (tertiary/aromatic N) is 1. The van der Waals surface area contributed by atoms with Crippen LogP contribution >= 0.6 is 0 Å². The van der Waals surface area contributed by atoms with Crippen LogP contribution < -0.4 is 0 Å². The molecule has 4 heteroatoms. The van der Waals surface area contributed by atoms with Crippen LogP contribution in [0.25, 0.3) is 0 Å². The summed E-state index contributed by atoms with van der Waals surface area (Å²) in [4.78, 5) is 13.8. The van der Waals surface area contributed by atoms with Gasteiger partial charge in [0.05, 0.1) is 0 Å². The molecule has 0 aliphatic carbocycles. The fraction of sp³-hybridized carbons (Fsp3) is 0.923. The molecule has 1 fully saturated rings. The minimum atomic E-state index is -0.438. The second-order valence-corrected chi connectivity index (χ2v) is 5.99. The van der Waals surface area contributed by atoms with Gasteiger partial charge >= 0.3 is 6.09 Å². The SMILES string of the molecule is CC(CO)CC1CCCN1C(=O)OC(C)(C)C. The van der Waals surface area contributed by atoms with Gasteiger partial charge in [-0.05, 0) is 46.0 Å². The summed E-state index contributed by atoms with van der Waals surface area (Å²) >= 11 is 0. The predicted octanol–water partition coefficient (Wildman–Crippen LogP) is 2.40. The Bertz CT molecular complexity index is 260. The first-order valence-electron chi connectivity index (χ1n) is 6.44. The number of amides is 1. The maximum Gasteiger partial charge on any atom is 0.410 e. The standard InChI is InChI=1S/C13H25NO3/c1-10(9-15)8-11-6-5-7-14(11)12(16)17-13(2,3)4/h10-11,15H,5-9H2,1-4H3. The van der Waals surface area contributed by atoms with Gasteiger partial charge in [0.25, 0.3) is 0 Å². The van der Waals surface area contributed by atoms with Crippen molar-refractivity contribution in [2.45, 2.75) is 58.6 Å². The first-order valence-corrected chi connectivity index (χ1v) is 6.44. The van der Waals surface area contributed by atoms with Crippen molar-refractivity contribution in [1.29, 1.82) is 0 Å². The summed E-state index contributed by atoms with van der Waals surface area (Å²) in [6.45, 7) is 8.60. The Morgan fingerprint density at radius 2 is 2.18 bits per heavy atom. The van der Waals surface area contributed by atoms with Gasteiger partial charge < -0.3 is 14.7 Å². The molecule has 1 saturated heterocycles. The molecule has 1 rings (SSSR count). The number of rotatable bonds is 3. The third-order valence-corrected chi connectivity index (χ3v) is 2.99. The number of ether oxygens (including phenoxy) is 1. The van der Waals surface area contributed by atoms with Crippen LogP contribution in [-0.4, -0.2) is 40.9 Å². The molecule has 2 atom stereocenters. The molecule has 0 spiro atoms. The Morgan fingerprint density at radius 1 is 1.53 bits per heavy atom. The van der Waals surface area contributed by atoms with Crippen molar-refractivity contribution in [3.05, 3.63) is 0 Å². The summed E-state index contributed by atoms with van der Waals surface area (Å²) in [7, 11) is 0. The number of carbonyl (C=O) groups is 1. The van der Waals surface area contributed by atoms with E-state index in [1.54, 1.807) is 0 Å². The molecular formula is C13H25NO3. The third-order valence-electron chi connectivity index (χ3n) is 2.99. The zero-order valence-electron chi connectivity index (χ0n) is 11.4. The highest BCUT2D eigenvalue weighted by atomic mass is 16.6. The molecule has 0 aromatic rings. The van der Waals surface area contributed by atoms with Gasteiger partial charge in [-0.1, -0.05) is 6.92 Å². The number of hydrogen-bond acceptors (Lipinski definition) is 3. The molecule has 0 saturated carbocycles. The molecule has 1 aliphatic heterocycles. The number of aliphatic hydroxyl groups excluding tert-OH is 1. The summed E-state index contributed by atoms with van der Waals surface area (Å²) in [6.07, 6.45) is 2.69. The van der Waals surface area contributed by atoms with Gasteiger partial charge in [-0.2, -0.15) is 0 Å². The Labute approximate surface area is 104 Å². The van der Waals surface area contributed by atoms with Gasteiger partial charge in [0.1, 0.15) is 5.60 Å². The maximum atomic E-state index is 12.0. The first-order chi connectivity index (χ1) is 7.83. The molecule has 0 bridgehead atoms. The van der Waals surface area contributed by atoms with E-state index in [1.807, 2.05) is 32.6 Å². The van der Waals surface area contributed by atoms with E-state index in [1.165, 1.54) is 0 Å². The summed E-state index contributed by atoms with van der Waals surface area (Å²) < 4.78 is 5.39. The Hall–Kier alpha value is -0.770. The zero-order chi connectivity index (χ0) is 13.1. The highest BCUT2D eigenvalue weighted by molar-refractivity contribution is 5.68. The van der Waals surface area contributed by atoms with Crippen LogP contribution in [0.4, 0.5) is 4.79 Å². The van der Waals surface area contributed by atoms with E-state index in [2.05, 4.69) is 0 Å². The van der Waals surface area contributed by atoms with Gasteiger partial charge in [-0.3, -0.25) is 0 Å². The van der Waals surface area contributed by atoms with E-state index in [0.29, 0.717) is 0 Å². The van der Waals surface area contributed by atoms with Gasteiger partial charge in [-0.15, -0.1) is 0 Å². The molecule has 100 valence electrons. The fourth-order valence-corrected chi connectivity index (χ4v) is 2.18. The molecular weight excluding hydrogens is 218 g/mol. The lowest BCUT2D eigenvalue weighted by atomic mass is 10.0. The van der Waals surface area contributed by atoms with Crippen molar-refractivity contribution in [2.75, 3.05) is 13.2 Å². The van der Waals surface area contributed by atoms with Crippen molar-refractivity contribution in [3.8, 4) is 0 Å². The zero-order valence-corrected chi connectivity index (χ0v) is 11.4. The van der Waals surface area contributed by atoms with Gasteiger partial charge in [-0.25, -0.2) is 4.79 Å². The molecule has 1 amide bonds. The van der Waals surface area contributed by atoms with Crippen LogP contribution in [0.3, 0.4) is 0 Å². The minimum Gasteiger partial charge on any atom is -0.444 e. The average Bonchev–Trinajstić information content (AvgIpc) is 2.63. The number of carbonyl (C=O) groups excluding carboxylic acids is 1. The van der Waals surface area contributed by atoms with E-state index in [4.69, 9.17) is 9.84 Å². The highest BCUT2D eigenvalue weighted by Gasteiger charge is 2.32. The molecule has 0 radical (unpaired) electrons. The van der Waals surface area contributed by atoms with Crippen LogP contribution in [0.2, 0.25) is 0 Å². The molecule has 1 heterocycles. The minimum absolute atomic E-state index is 0.179. The number of hydrogen-bond donors (Lipinski definition) is 1. The summed E-state index contributed by atoms with van der Waals surface area (Å²) in [5, 5.41) is 9.07. The normalized spacial score (nSPS) is 22.6. The van der Waals surface area contributed by atoms with E-state index in [-0.39, 0.29) is 24.7 Å². The van der Waals surface area contributed by atoms with Crippen LogP contribution in [0.1, 0.15) is 47.0 Å². The maximum absolute atomic E-state index is 12.0. The predicted molar refractivity (Wildman–Crippen MR) is 66.8 cm³/mol. The van der Waals surface area contributed by atoms with E-state index >= 15 is 0 Å². The lowest BCUT2D eigenvalue weighted by Crippen LogP contribution is -2.40. The largest absolute Gasteiger partial charge is 0.444 e. The third kappa shape index (κ3) is 4.54. The lowest BCUT2D eigenvalue weighted by Gasteiger charge is -2.29. The van der Waals surface area contributed by atoms with E-state index in [9.17, 15) is 4.79 Å². The molecule has 2 unspecified atom stereocenters. The van der Waals surface area contributed by atoms with Gasteiger partial charge in [0.15, 0.2) is 0 Å². The van der Waals surface area contributed by atoms with Crippen molar-refractivity contribution < 1.29 is 14.6 Å². The second-order valence-electron chi connectivity index (χ2n) is 5.99. The molecule has 4 nitrogen and oxygen atoms in total. The van der Waals surface area contributed by atoms with Gasteiger partial charge in [0, 0.05) is 19.2 Å². The first kappa shape index (κ1) is 14.3. The highest BCUT2D eigenvalue weighted by Crippen LogP contribution is 2.25. The molecule has 0 aromatic carbocycles. The monoisotopic (exact) mass is 243 g/mol. The van der Waals surface area contributed by atoms with Crippen LogP contribution in [0, 0.1) is 5.92 Å². The van der Waals surface area contributed by atoms with Gasteiger partial charge in [0.2, 0.25) is 0 Å². The molecule has 17 heavy (non-hydrogen) atoms. The molecule has 0 aromatic heterocycles. The molecule has 1 aliphatic rings. The quantitative estimate of drug-likeness (QED) is 0.828. The molecule has 1 N–H and O–H groups in total. The fourth-order valence-electron chi connectivity index (χ4n) is 2.18. The topological polar surface area (TPSA) is 49.8 Å². The number of likely N-dealkylation sites (tertiary alicyclic amines) is 1. The van der Waals surface area contributed by atoms with Crippen LogP contribution in [0.5, 0.6) is 0 Å². The Morgan fingerprint density at radius 3 is 2.71 bits per heavy atom. The van der Waals surface area contributed by atoms with Crippen LogP contribution in [-0.2, 0) is 4.74 Å². The summed E-state index contributed by atoms with van der Waals surface area (Å²) in [6, 6.07) is 0.229. The Kier molecular flexibility index (Phi) is 4.80. The Balaban J connectivity index is 2.54. The van der Waals surface area contributed by atoms with Crippen molar-refractivity contribution in [3.63, 3.8) is 0 Å². The van der Waals surface area contributed by atoms with Crippen LogP contribution in [0.15, 0.2) is 0 Å².